The van der Waals surface area contributed by atoms with Crippen molar-refractivity contribution in [3.63, 3.8) is 0 Å². The zero-order chi connectivity index (χ0) is 22.2. The van der Waals surface area contributed by atoms with Gasteiger partial charge in [-0.2, -0.15) is 0 Å². The first-order valence-electron chi connectivity index (χ1n) is 10.6. The normalized spacial score (nSPS) is 14.7. The van der Waals surface area contributed by atoms with Gasteiger partial charge in [0.15, 0.2) is 18.2 Å². The lowest BCUT2D eigenvalue weighted by atomic mass is 10.1. The Labute approximate surface area is 182 Å². The summed E-state index contributed by atoms with van der Waals surface area (Å²) in [5.41, 5.74) is 0.819. The molecule has 0 aromatic heterocycles. The van der Waals surface area contributed by atoms with Crippen LogP contribution in [0.3, 0.4) is 0 Å². The summed E-state index contributed by atoms with van der Waals surface area (Å²) in [5, 5.41) is 3.05. The molecule has 1 N–H and O–H groups in total. The molecule has 7 heteroatoms. The maximum absolute atomic E-state index is 13.9. The van der Waals surface area contributed by atoms with Crippen LogP contribution in [0.5, 0.6) is 11.5 Å². The molecule has 1 unspecified atom stereocenters. The van der Waals surface area contributed by atoms with Gasteiger partial charge in [-0.1, -0.05) is 37.1 Å². The minimum atomic E-state index is -0.705. The van der Waals surface area contributed by atoms with E-state index in [0.29, 0.717) is 5.75 Å². The summed E-state index contributed by atoms with van der Waals surface area (Å²) in [6.07, 6.45) is 4.11. The van der Waals surface area contributed by atoms with E-state index in [2.05, 4.69) is 5.32 Å². The van der Waals surface area contributed by atoms with Gasteiger partial charge in [-0.05, 0) is 49.6 Å². The largest absolute Gasteiger partial charge is 0.497 e. The highest BCUT2D eigenvalue weighted by Gasteiger charge is 2.29. The van der Waals surface area contributed by atoms with Gasteiger partial charge in [0.05, 0.1) is 7.11 Å². The second kappa shape index (κ2) is 10.8. The molecule has 0 bridgehead atoms. The maximum Gasteiger partial charge on any atom is 0.261 e. The minimum Gasteiger partial charge on any atom is -0.497 e. The number of carbonyl (C=O) groups is 2. The number of halogens is 1. The molecule has 1 aliphatic rings. The summed E-state index contributed by atoms with van der Waals surface area (Å²) >= 11 is 0. The SMILES string of the molecule is COc1cccc(CN(C(=O)COc2ccccc2F)C(C)C(=O)NC2CCCC2)c1. The van der Waals surface area contributed by atoms with Crippen LogP contribution in [0.15, 0.2) is 48.5 Å². The molecule has 0 radical (unpaired) electrons. The summed E-state index contributed by atoms with van der Waals surface area (Å²) in [5.74, 6) is -0.480. The number of nitrogens with zero attached hydrogens (tertiary/aromatic N) is 1. The summed E-state index contributed by atoms with van der Waals surface area (Å²) in [7, 11) is 1.57. The number of para-hydroxylation sites is 1. The predicted molar refractivity (Wildman–Crippen MR) is 115 cm³/mol. The number of rotatable bonds is 9. The van der Waals surface area contributed by atoms with E-state index in [1.807, 2.05) is 24.3 Å². The van der Waals surface area contributed by atoms with Crippen LogP contribution in [-0.2, 0) is 16.1 Å². The average Bonchev–Trinajstić information content (AvgIpc) is 3.29. The highest BCUT2D eigenvalue weighted by molar-refractivity contribution is 5.88. The van der Waals surface area contributed by atoms with Gasteiger partial charge in [0.25, 0.3) is 5.91 Å². The van der Waals surface area contributed by atoms with Gasteiger partial charge >= 0.3 is 0 Å². The lowest BCUT2D eigenvalue weighted by molar-refractivity contribution is -0.142. The molecule has 1 aliphatic carbocycles. The molecule has 0 saturated heterocycles. The van der Waals surface area contributed by atoms with Crippen LogP contribution in [0.4, 0.5) is 4.39 Å². The summed E-state index contributed by atoms with van der Waals surface area (Å²) in [6, 6.07) is 12.7. The van der Waals surface area contributed by atoms with Gasteiger partial charge in [-0.25, -0.2) is 4.39 Å². The lowest BCUT2D eigenvalue weighted by Crippen LogP contribution is -2.50. The molecule has 31 heavy (non-hydrogen) atoms. The van der Waals surface area contributed by atoms with Crippen molar-refractivity contribution in [2.45, 2.75) is 51.2 Å². The number of ether oxygens (including phenoxy) is 2. The van der Waals surface area contributed by atoms with Crippen molar-refractivity contribution < 1.29 is 23.5 Å². The van der Waals surface area contributed by atoms with Gasteiger partial charge in [0.1, 0.15) is 11.8 Å². The summed E-state index contributed by atoms with van der Waals surface area (Å²) < 4.78 is 24.5. The third kappa shape index (κ3) is 6.20. The Morgan fingerprint density at radius 2 is 1.90 bits per heavy atom. The van der Waals surface area contributed by atoms with Crippen LogP contribution in [0, 0.1) is 5.82 Å². The standard InChI is InChI=1S/C24H29FN2O4/c1-17(24(29)26-19-9-3-4-10-19)27(15-18-8-7-11-20(14-18)30-2)23(28)16-31-22-13-6-5-12-21(22)25/h5-8,11-14,17,19H,3-4,9-10,15-16H2,1-2H3,(H,26,29). The average molecular weight is 429 g/mol. The fourth-order valence-electron chi connectivity index (χ4n) is 3.73. The molecule has 3 rings (SSSR count). The van der Waals surface area contributed by atoms with E-state index in [1.54, 1.807) is 26.2 Å². The van der Waals surface area contributed by atoms with E-state index < -0.39 is 17.8 Å². The Morgan fingerprint density at radius 1 is 1.16 bits per heavy atom. The first kappa shape index (κ1) is 22.6. The molecule has 2 aromatic carbocycles. The Bertz CT molecular complexity index is 899. The van der Waals surface area contributed by atoms with Crippen LogP contribution < -0.4 is 14.8 Å². The van der Waals surface area contributed by atoms with Crippen molar-refractivity contribution in [1.29, 1.82) is 0 Å². The molecule has 0 aliphatic heterocycles. The van der Waals surface area contributed by atoms with Crippen LogP contribution in [-0.4, -0.2) is 42.5 Å². The van der Waals surface area contributed by atoms with E-state index in [9.17, 15) is 14.0 Å². The Kier molecular flexibility index (Phi) is 7.87. The van der Waals surface area contributed by atoms with E-state index in [4.69, 9.17) is 9.47 Å². The van der Waals surface area contributed by atoms with Crippen molar-refractivity contribution in [2.24, 2.45) is 0 Å². The van der Waals surface area contributed by atoms with Gasteiger partial charge in [-0.3, -0.25) is 9.59 Å². The number of hydrogen-bond acceptors (Lipinski definition) is 4. The molecule has 0 spiro atoms. The number of nitrogens with one attached hydrogen (secondary N) is 1. The Morgan fingerprint density at radius 3 is 2.61 bits per heavy atom. The third-order valence-electron chi connectivity index (χ3n) is 5.54. The van der Waals surface area contributed by atoms with Gasteiger partial charge in [-0.15, -0.1) is 0 Å². The van der Waals surface area contributed by atoms with E-state index >= 15 is 0 Å². The molecule has 1 atom stereocenters. The highest BCUT2D eigenvalue weighted by atomic mass is 19.1. The van der Waals surface area contributed by atoms with Crippen LogP contribution in [0.25, 0.3) is 0 Å². The first-order valence-corrected chi connectivity index (χ1v) is 10.6. The molecule has 1 saturated carbocycles. The fraction of sp³-hybridized carbons (Fsp3) is 0.417. The molecule has 2 amide bonds. The van der Waals surface area contributed by atoms with Gasteiger partial charge < -0.3 is 19.7 Å². The van der Waals surface area contributed by atoms with E-state index in [0.717, 1.165) is 31.2 Å². The zero-order valence-corrected chi connectivity index (χ0v) is 18.0. The smallest absolute Gasteiger partial charge is 0.261 e. The second-order valence-electron chi connectivity index (χ2n) is 7.76. The number of carbonyl (C=O) groups excluding carboxylic acids is 2. The van der Waals surface area contributed by atoms with E-state index in [-0.39, 0.29) is 30.9 Å². The summed E-state index contributed by atoms with van der Waals surface area (Å²) in [4.78, 5) is 27.4. The first-order chi connectivity index (χ1) is 15.0. The molecule has 166 valence electrons. The predicted octanol–water partition coefficient (Wildman–Crippen LogP) is 3.69. The minimum absolute atomic E-state index is 0.000223. The fourth-order valence-corrected chi connectivity index (χ4v) is 3.73. The maximum atomic E-state index is 13.9. The van der Waals surface area contributed by atoms with Crippen LogP contribution in [0.2, 0.25) is 0 Å². The van der Waals surface area contributed by atoms with Crippen molar-refractivity contribution in [1.82, 2.24) is 10.2 Å². The van der Waals surface area contributed by atoms with Crippen LogP contribution >= 0.6 is 0 Å². The van der Waals surface area contributed by atoms with Crippen LogP contribution in [0.1, 0.15) is 38.2 Å². The molecule has 0 heterocycles. The number of methoxy groups -OCH3 is 1. The summed E-state index contributed by atoms with van der Waals surface area (Å²) in [6.45, 7) is 1.54. The third-order valence-corrected chi connectivity index (χ3v) is 5.54. The zero-order valence-electron chi connectivity index (χ0n) is 18.0. The van der Waals surface area contributed by atoms with Crippen molar-refractivity contribution in [2.75, 3.05) is 13.7 Å². The molecular formula is C24H29FN2O4. The lowest BCUT2D eigenvalue weighted by Gasteiger charge is -2.29. The number of amides is 2. The van der Waals surface area contributed by atoms with Crippen molar-refractivity contribution >= 4 is 11.8 Å². The number of hydrogen-bond donors (Lipinski definition) is 1. The monoisotopic (exact) mass is 428 g/mol. The van der Waals surface area contributed by atoms with Gasteiger partial charge in [0, 0.05) is 12.6 Å². The second-order valence-corrected chi connectivity index (χ2v) is 7.76. The molecule has 6 nitrogen and oxygen atoms in total. The van der Waals surface area contributed by atoms with Crippen molar-refractivity contribution in [3.05, 3.63) is 59.9 Å². The molecule has 1 fully saturated rings. The molecular weight excluding hydrogens is 399 g/mol. The van der Waals surface area contributed by atoms with Gasteiger partial charge in [0.2, 0.25) is 5.91 Å². The number of benzene rings is 2. The van der Waals surface area contributed by atoms with Crippen molar-refractivity contribution in [3.8, 4) is 11.5 Å². The molecule has 2 aromatic rings. The Balaban J connectivity index is 1.73. The Hall–Kier alpha value is -3.09. The quantitative estimate of drug-likeness (QED) is 0.662. The topological polar surface area (TPSA) is 67.9 Å². The highest BCUT2D eigenvalue weighted by Crippen LogP contribution is 2.20. The van der Waals surface area contributed by atoms with E-state index in [1.165, 1.54) is 17.0 Å².